The zero-order valence-corrected chi connectivity index (χ0v) is 17.7. The van der Waals surface area contributed by atoms with Gasteiger partial charge in [0.2, 0.25) is 0 Å². The van der Waals surface area contributed by atoms with Gasteiger partial charge in [0.25, 0.3) is 0 Å². The Labute approximate surface area is 158 Å². The Balaban J connectivity index is 4.22. The predicted octanol–water partition coefficient (Wildman–Crippen LogP) is 4.32. The molecule has 0 aliphatic carbocycles. The van der Waals surface area contributed by atoms with E-state index < -0.39 is 11.2 Å². The second kappa shape index (κ2) is 10.6. The van der Waals surface area contributed by atoms with E-state index in [4.69, 9.17) is 9.47 Å². The summed E-state index contributed by atoms with van der Waals surface area (Å²) in [5.74, 6) is 0.174. The first kappa shape index (κ1) is 23.6. The van der Waals surface area contributed by atoms with Crippen LogP contribution in [-0.2, 0) is 19.1 Å². The fraction of sp³-hybridized carbons (Fsp3) is 0.889. The van der Waals surface area contributed by atoms with Crippen molar-refractivity contribution in [3.63, 3.8) is 0 Å². The molecule has 0 aromatic rings. The maximum absolute atomic E-state index is 11.9. The lowest BCUT2D eigenvalue weighted by Gasteiger charge is -2.29. The summed E-state index contributed by atoms with van der Waals surface area (Å²) in [6, 6.07) is 0. The molecule has 0 saturated carbocycles. The summed E-state index contributed by atoms with van der Waals surface area (Å²) < 4.78 is 11.1. The fourth-order valence-electron chi connectivity index (χ4n) is 2.10. The van der Waals surface area contributed by atoms with Gasteiger partial charge in [-0.15, -0.1) is 0 Å². The van der Waals surface area contributed by atoms with Crippen LogP contribution in [-0.4, -0.2) is 34.6 Å². The lowest BCUT2D eigenvalue weighted by Crippen LogP contribution is -2.32. The van der Waals surface area contributed by atoms with Gasteiger partial charge >= 0.3 is 11.9 Å². The highest BCUT2D eigenvalue weighted by Crippen LogP contribution is 2.24. The lowest BCUT2D eigenvalue weighted by molar-refractivity contribution is -0.163. The van der Waals surface area contributed by atoms with Crippen LogP contribution in [0.25, 0.3) is 0 Å². The van der Waals surface area contributed by atoms with Crippen LogP contribution >= 0.6 is 25.3 Å². The van der Waals surface area contributed by atoms with Crippen LogP contribution in [0.15, 0.2) is 0 Å². The molecule has 2 atom stereocenters. The Morgan fingerprint density at radius 1 is 0.792 bits per heavy atom. The summed E-state index contributed by atoms with van der Waals surface area (Å²) in [5.41, 5.74) is -0.981. The number of rotatable bonds is 11. The van der Waals surface area contributed by atoms with E-state index in [1.54, 1.807) is 0 Å². The second-order valence-corrected chi connectivity index (χ2v) is 8.47. The normalized spacial score (nSPS) is 14.8. The molecule has 142 valence electrons. The van der Waals surface area contributed by atoms with Crippen LogP contribution < -0.4 is 0 Å². The Hall–Kier alpha value is -0.360. The zero-order valence-electron chi connectivity index (χ0n) is 15.9. The minimum Gasteiger partial charge on any atom is -0.459 e. The number of esters is 2. The molecule has 24 heavy (non-hydrogen) atoms. The first-order chi connectivity index (χ1) is 10.9. The molecule has 0 rings (SSSR count). The van der Waals surface area contributed by atoms with E-state index in [0.29, 0.717) is 11.5 Å². The van der Waals surface area contributed by atoms with E-state index in [0.717, 1.165) is 25.7 Å². The molecule has 0 aromatic carbocycles. The van der Waals surface area contributed by atoms with Crippen LogP contribution in [0.4, 0.5) is 0 Å². The summed E-state index contributed by atoms with van der Waals surface area (Å²) >= 11 is 8.25. The lowest BCUT2D eigenvalue weighted by atomic mass is 9.95. The Bertz CT molecular complexity index is 370. The van der Waals surface area contributed by atoms with Crippen LogP contribution in [0.2, 0.25) is 0 Å². The minimum atomic E-state index is -0.490. The van der Waals surface area contributed by atoms with Crippen molar-refractivity contribution in [3.05, 3.63) is 0 Å². The molecule has 2 unspecified atom stereocenters. The highest BCUT2D eigenvalue weighted by atomic mass is 32.1. The first-order valence-electron chi connectivity index (χ1n) is 8.61. The van der Waals surface area contributed by atoms with Crippen molar-refractivity contribution >= 4 is 37.2 Å². The van der Waals surface area contributed by atoms with Crippen LogP contribution in [0.1, 0.15) is 67.2 Å². The molecule has 0 amide bonds. The third-order valence-electron chi connectivity index (χ3n) is 3.91. The number of hydrogen-bond acceptors (Lipinski definition) is 6. The van der Waals surface area contributed by atoms with E-state index in [-0.39, 0.29) is 23.8 Å². The fourth-order valence-corrected chi connectivity index (χ4v) is 2.40. The molecule has 0 aliphatic heterocycles. The molecule has 0 saturated heterocycles. The van der Waals surface area contributed by atoms with Crippen LogP contribution in [0, 0.1) is 11.8 Å². The van der Waals surface area contributed by atoms with E-state index >= 15 is 0 Å². The maximum Gasteiger partial charge on any atom is 0.310 e. The van der Waals surface area contributed by atoms with Gasteiger partial charge < -0.3 is 9.47 Å². The number of unbranched alkanes of at least 4 members (excludes halogenated alkanes) is 1. The van der Waals surface area contributed by atoms with Crippen molar-refractivity contribution in [2.75, 3.05) is 11.5 Å². The van der Waals surface area contributed by atoms with Gasteiger partial charge in [0.05, 0.1) is 11.8 Å². The Morgan fingerprint density at radius 2 is 1.08 bits per heavy atom. The maximum atomic E-state index is 11.9. The van der Waals surface area contributed by atoms with E-state index in [1.807, 2.05) is 41.5 Å². The molecular formula is C18H34O4S2. The standard InChI is InChI=1S/C18H34O4S2/c1-13(11-23)15(19)21-17(3,4)9-7-8-10-18(5,6)22-16(20)14(2)12-24/h13-14,23-24H,7-12H2,1-6H3. The van der Waals surface area contributed by atoms with Gasteiger partial charge in [-0.3, -0.25) is 9.59 Å². The Morgan fingerprint density at radius 3 is 1.33 bits per heavy atom. The number of carbonyl (C=O) groups excluding carboxylic acids is 2. The van der Waals surface area contributed by atoms with E-state index in [2.05, 4.69) is 25.3 Å². The van der Waals surface area contributed by atoms with Crippen molar-refractivity contribution in [2.24, 2.45) is 11.8 Å². The van der Waals surface area contributed by atoms with Crippen molar-refractivity contribution in [1.82, 2.24) is 0 Å². The quantitative estimate of drug-likeness (QED) is 0.319. The van der Waals surface area contributed by atoms with Gasteiger partial charge in [0.15, 0.2) is 0 Å². The summed E-state index contributed by atoms with van der Waals surface area (Å²) in [6.07, 6.45) is 3.35. The molecular weight excluding hydrogens is 344 g/mol. The minimum absolute atomic E-state index is 0.195. The molecule has 0 aromatic heterocycles. The monoisotopic (exact) mass is 378 g/mol. The summed E-state index contributed by atoms with van der Waals surface area (Å²) in [4.78, 5) is 23.7. The molecule has 6 heteroatoms. The third-order valence-corrected chi connectivity index (χ3v) is 5.01. The molecule has 4 nitrogen and oxygen atoms in total. The topological polar surface area (TPSA) is 52.6 Å². The average Bonchev–Trinajstić information content (AvgIpc) is 2.48. The first-order valence-corrected chi connectivity index (χ1v) is 9.88. The van der Waals surface area contributed by atoms with E-state index in [9.17, 15) is 9.59 Å². The van der Waals surface area contributed by atoms with Gasteiger partial charge in [-0.1, -0.05) is 13.8 Å². The van der Waals surface area contributed by atoms with Crippen LogP contribution in [0.3, 0.4) is 0 Å². The number of hydrogen-bond donors (Lipinski definition) is 2. The smallest absolute Gasteiger partial charge is 0.310 e. The number of thiol groups is 2. The molecule has 0 radical (unpaired) electrons. The third kappa shape index (κ3) is 9.82. The summed E-state index contributed by atoms with van der Waals surface area (Å²) in [7, 11) is 0. The molecule has 0 fully saturated rings. The Kier molecular flexibility index (Phi) is 10.4. The summed E-state index contributed by atoms with van der Waals surface area (Å²) in [5, 5.41) is 0. The van der Waals surface area contributed by atoms with Crippen molar-refractivity contribution < 1.29 is 19.1 Å². The number of carbonyl (C=O) groups is 2. The summed E-state index contributed by atoms with van der Waals surface area (Å²) in [6.45, 7) is 11.3. The van der Waals surface area contributed by atoms with E-state index in [1.165, 1.54) is 0 Å². The largest absolute Gasteiger partial charge is 0.459 e. The van der Waals surface area contributed by atoms with Crippen molar-refractivity contribution in [1.29, 1.82) is 0 Å². The van der Waals surface area contributed by atoms with Gasteiger partial charge in [-0.2, -0.15) is 25.3 Å². The second-order valence-electron chi connectivity index (χ2n) is 7.74. The SMILES string of the molecule is CC(CS)C(=O)OC(C)(C)CCCCC(C)(C)OC(=O)C(C)CS. The molecule has 0 heterocycles. The predicted molar refractivity (Wildman–Crippen MR) is 105 cm³/mol. The van der Waals surface area contributed by atoms with Gasteiger partial charge in [-0.25, -0.2) is 0 Å². The van der Waals surface area contributed by atoms with Crippen molar-refractivity contribution in [3.8, 4) is 0 Å². The highest BCUT2D eigenvalue weighted by molar-refractivity contribution is 7.80. The van der Waals surface area contributed by atoms with Crippen molar-refractivity contribution in [2.45, 2.75) is 78.4 Å². The molecule has 0 bridgehead atoms. The van der Waals surface area contributed by atoms with Crippen LogP contribution in [0.5, 0.6) is 0 Å². The van der Waals surface area contributed by atoms with Gasteiger partial charge in [0.1, 0.15) is 11.2 Å². The molecule has 0 spiro atoms. The average molecular weight is 379 g/mol. The molecule has 0 aliphatic rings. The molecule has 0 N–H and O–H groups in total. The van der Waals surface area contributed by atoms with Gasteiger partial charge in [-0.05, 0) is 53.4 Å². The number of ether oxygens (including phenoxy) is 2. The zero-order chi connectivity index (χ0) is 19.0. The van der Waals surface area contributed by atoms with Gasteiger partial charge in [0, 0.05) is 11.5 Å². The highest BCUT2D eigenvalue weighted by Gasteiger charge is 2.27.